The number of pyridine rings is 1. The molecule has 0 saturated heterocycles. The number of rotatable bonds is 1. The van der Waals surface area contributed by atoms with Crippen molar-refractivity contribution < 1.29 is 4.39 Å². The fourth-order valence-corrected chi connectivity index (χ4v) is 2.23. The molecule has 0 radical (unpaired) electrons. The van der Waals surface area contributed by atoms with E-state index in [9.17, 15) is 4.39 Å². The first-order valence-corrected chi connectivity index (χ1v) is 5.47. The van der Waals surface area contributed by atoms with E-state index < -0.39 is 0 Å². The van der Waals surface area contributed by atoms with Gasteiger partial charge < -0.3 is 10.1 Å². The third-order valence-electron chi connectivity index (χ3n) is 3.08. The van der Waals surface area contributed by atoms with E-state index in [4.69, 9.17) is 5.73 Å². The number of fused-ring (bicyclic) bond motifs is 3. The number of hydrogen-bond acceptors (Lipinski definition) is 2. The Labute approximate surface area is 97.7 Å². The largest absolute Gasteiger partial charge is 0.325 e. The van der Waals surface area contributed by atoms with Gasteiger partial charge in [0.15, 0.2) is 0 Å². The Morgan fingerprint density at radius 3 is 2.94 bits per heavy atom. The predicted molar refractivity (Wildman–Crippen MR) is 65.3 cm³/mol. The van der Waals surface area contributed by atoms with Crippen LogP contribution in [0.15, 0.2) is 30.5 Å². The van der Waals surface area contributed by atoms with Crippen LogP contribution in [-0.4, -0.2) is 9.38 Å². The highest BCUT2D eigenvalue weighted by molar-refractivity contribution is 5.94. The van der Waals surface area contributed by atoms with Crippen molar-refractivity contribution in [3.05, 3.63) is 47.7 Å². The Morgan fingerprint density at radius 1 is 1.35 bits per heavy atom. The highest BCUT2D eigenvalue weighted by Crippen LogP contribution is 2.24. The molecular formula is C13H12FN3. The number of imidazole rings is 1. The van der Waals surface area contributed by atoms with Gasteiger partial charge in [0.1, 0.15) is 11.5 Å². The summed E-state index contributed by atoms with van der Waals surface area (Å²) in [4.78, 5) is 4.42. The van der Waals surface area contributed by atoms with Gasteiger partial charge in [-0.3, -0.25) is 0 Å². The topological polar surface area (TPSA) is 43.3 Å². The molecule has 0 unspecified atom stereocenters. The van der Waals surface area contributed by atoms with Gasteiger partial charge in [0.05, 0.1) is 16.8 Å². The lowest BCUT2D eigenvalue weighted by molar-refractivity contribution is 0.640. The second kappa shape index (κ2) is 3.53. The number of nitrogens with zero attached hydrogens (tertiary/aromatic N) is 2. The summed E-state index contributed by atoms with van der Waals surface area (Å²) in [6, 6.07) is 6.92. The standard InChI is InChI=1S/C13H12FN3/c1-8-11(7-15)17-6-5-9-3-2-4-10(14)12(9)13(17)16-8/h2-6H,7,15H2,1H3. The minimum atomic E-state index is -0.248. The lowest BCUT2D eigenvalue weighted by atomic mass is 10.1. The Kier molecular flexibility index (Phi) is 2.12. The molecule has 0 aliphatic heterocycles. The molecule has 3 nitrogen and oxygen atoms in total. The van der Waals surface area contributed by atoms with E-state index >= 15 is 0 Å². The molecule has 0 aliphatic carbocycles. The molecule has 3 aromatic rings. The van der Waals surface area contributed by atoms with Crippen LogP contribution in [0.4, 0.5) is 4.39 Å². The minimum Gasteiger partial charge on any atom is -0.325 e. The maximum absolute atomic E-state index is 13.9. The van der Waals surface area contributed by atoms with Crippen LogP contribution >= 0.6 is 0 Å². The third kappa shape index (κ3) is 1.34. The molecule has 2 N–H and O–H groups in total. The third-order valence-corrected chi connectivity index (χ3v) is 3.08. The lowest BCUT2D eigenvalue weighted by Crippen LogP contribution is -2.02. The first-order chi connectivity index (χ1) is 8.22. The summed E-state index contributed by atoms with van der Waals surface area (Å²) >= 11 is 0. The maximum atomic E-state index is 13.9. The Morgan fingerprint density at radius 2 is 2.18 bits per heavy atom. The van der Waals surface area contributed by atoms with Gasteiger partial charge in [-0.2, -0.15) is 0 Å². The molecule has 17 heavy (non-hydrogen) atoms. The lowest BCUT2D eigenvalue weighted by Gasteiger charge is -2.03. The zero-order valence-electron chi connectivity index (χ0n) is 9.44. The number of aryl methyl sites for hydroxylation is 1. The van der Waals surface area contributed by atoms with E-state index in [0.717, 1.165) is 16.8 Å². The van der Waals surface area contributed by atoms with Gasteiger partial charge in [-0.05, 0) is 24.4 Å². The summed E-state index contributed by atoms with van der Waals surface area (Å²) in [5.74, 6) is -0.248. The monoisotopic (exact) mass is 229 g/mol. The number of halogens is 1. The quantitative estimate of drug-likeness (QED) is 0.696. The van der Waals surface area contributed by atoms with Gasteiger partial charge >= 0.3 is 0 Å². The summed E-state index contributed by atoms with van der Waals surface area (Å²) in [6.07, 6.45) is 1.89. The molecule has 4 heteroatoms. The second-order valence-corrected chi connectivity index (χ2v) is 4.06. The fraction of sp³-hybridized carbons (Fsp3) is 0.154. The molecule has 0 aliphatic rings. The van der Waals surface area contributed by atoms with E-state index in [1.54, 1.807) is 6.07 Å². The van der Waals surface area contributed by atoms with Crippen molar-refractivity contribution in [2.24, 2.45) is 5.73 Å². The van der Waals surface area contributed by atoms with Crippen LogP contribution in [0.5, 0.6) is 0 Å². The maximum Gasteiger partial charge on any atom is 0.148 e. The molecule has 0 spiro atoms. The first kappa shape index (κ1) is 10.2. The highest BCUT2D eigenvalue weighted by Gasteiger charge is 2.12. The van der Waals surface area contributed by atoms with Gasteiger partial charge in [-0.1, -0.05) is 12.1 Å². The average molecular weight is 229 g/mol. The predicted octanol–water partition coefficient (Wildman–Crippen LogP) is 2.39. The fourth-order valence-electron chi connectivity index (χ4n) is 2.23. The Bertz CT molecular complexity index is 715. The molecule has 1 aromatic carbocycles. The van der Waals surface area contributed by atoms with Crippen molar-refractivity contribution in [3.8, 4) is 0 Å². The van der Waals surface area contributed by atoms with Crippen molar-refractivity contribution in [2.75, 3.05) is 0 Å². The molecule has 3 rings (SSSR count). The van der Waals surface area contributed by atoms with E-state index in [1.165, 1.54) is 6.07 Å². The SMILES string of the molecule is Cc1nc2c3c(F)cccc3ccn2c1CN. The summed E-state index contributed by atoms with van der Waals surface area (Å²) in [6.45, 7) is 2.29. The first-order valence-electron chi connectivity index (χ1n) is 5.47. The zero-order valence-corrected chi connectivity index (χ0v) is 9.44. The Balaban J connectivity index is 2.56. The van der Waals surface area contributed by atoms with Crippen LogP contribution < -0.4 is 5.73 Å². The average Bonchev–Trinajstić information content (AvgIpc) is 2.64. The second-order valence-electron chi connectivity index (χ2n) is 4.06. The highest BCUT2D eigenvalue weighted by atomic mass is 19.1. The van der Waals surface area contributed by atoms with Gasteiger partial charge in [0.2, 0.25) is 0 Å². The van der Waals surface area contributed by atoms with E-state index in [0.29, 0.717) is 17.6 Å². The van der Waals surface area contributed by atoms with Crippen molar-refractivity contribution in [2.45, 2.75) is 13.5 Å². The van der Waals surface area contributed by atoms with Crippen molar-refractivity contribution in [3.63, 3.8) is 0 Å². The molecule has 0 atom stereocenters. The van der Waals surface area contributed by atoms with Crippen LogP contribution in [0, 0.1) is 12.7 Å². The van der Waals surface area contributed by atoms with E-state index in [1.807, 2.05) is 29.7 Å². The Hall–Kier alpha value is -1.94. The molecule has 2 aromatic heterocycles. The zero-order chi connectivity index (χ0) is 12.0. The van der Waals surface area contributed by atoms with Gasteiger partial charge in [-0.25, -0.2) is 9.37 Å². The van der Waals surface area contributed by atoms with E-state index in [2.05, 4.69) is 4.98 Å². The van der Waals surface area contributed by atoms with Crippen molar-refractivity contribution >= 4 is 16.4 Å². The van der Waals surface area contributed by atoms with Crippen molar-refractivity contribution in [1.29, 1.82) is 0 Å². The smallest absolute Gasteiger partial charge is 0.148 e. The molecule has 0 bridgehead atoms. The van der Waals surface area contributed by atoms with Gasteiger partial charge in [0, 0.05) is 12.7 Å². The molecule has 0 fully saturated rings. The molecular weight excluding hydrogens is 217 g/mol. The molecule has 0 saturated carbocycles. The molecule has 0 amide bonds. The summed E-state index contributed by atoms with van der Waals surface area (Å²) in [5, 5.41) is 1.41. The number of benzene rings is 1. The summed E-state index contributed by atoms with van der Waals surface area (Å²) < 4.78 is 15.7. The van der Waals surface area contributed by atoms with Gasteiger partial charge in [-0.15, -0.1) is 0 Å². The summed E-state index contributed by atoms with van der Waals surface area (Å²) in [5.41, 5.74) is 8.10. The van der Waals surface area contributed by atoms with Crippen LogP contribution in [0.1, 0.15) is 11.4 Å². The van der Waals surface area contributed by atoms with Crippen LogP contribution in [0.2, 0.25) is 0 Å². The van der Waals surface area contributed by atoms with Crippen LogP contribution in [-0.2, 0) is 6.54 Å². The minimum absolute atomic E-state index is 0.248. The van der Waals surface area contributed by atoms with Crippen LogP contribution in [0.25, 0.3) is 16.4 Å². The number of nitrogens with two attached hydrogens (primary N) is 1. The number of aromatic nitrogens is 2. The van der Waals surface area contributed by atoms with E-state index in [-0.39, 0.29) is 5.82 Å². The summed E-state index contributed by atoms with van der Waals surface area (Å²) in [7, 11) is 0. The van der Waals surface area contributed by atoms with Gasteiger partial charge in [0.25, 0.3) is 0 Å². The van der Waals surface area contributed by atoms with Crippen molar-refractivity contribution in [1.82, 2.24) is 9.38 Å². The number of hydrogen-bond donors (Lipinski definition) is 1. The molecule has 2 heterocycles. The normalized spacial score (nSPS) is 11.5. The molecule has 86 valence electrons. The van der Waals surface area contributed by atoms with Crippen LogP contribution in [0.3, 0.4) is 0 Å².